The molecule has 2 rings (SSSR count). The van der Waals surface area contributed by atoms with Crippen molar-refractivity contribution in [3.8, 4) is 5.69 Å². The first-order chi connectivity index (χ1) is 7.63. The molecule has 0 radical (unpaired) electrons. The Bertz CT molecular complexity index is 572. The standard InChI is InChI=1S/C10H11FN4O/c1-12-7-4-3-5-15(10(7)16)8-6-14(2)13-9(8)11/h3-6,12H,1-2H3. The zero-order valence-corrected chi connectivity index (χ0v) is 8.94. The number of pyridine rings is 1. The van der Waals surface area contributed by atoms with Gasteiger partial charge in [0, 0.05) is 20.3 Å². The lowest BCUT2D eigenvalue weighted by Gasteiger charge is -2.04. The average Bonchev–Trinajstić information content (AvgIpc) is 2.58. The van der Waals surface area contributed by atoms with Gasteiger partial charge < -0.3 is 5.32 Å². The van der Waals surface area contributed by atoms with Crippen molar-refractivity contribution in [1.29, 1.82) is 0 Å². The lowest BCUT2D eigenvalue weighted by atomic mass is 10.4. The van der Waals surface area contributed by atoms with Gasteiger partial charge in [-0.2, -0.15) is 4.39 Å². The summed E-state index contributed by atoms with van der Waals surface area (Å²) in [6.45, 7) is 0. The van der Waals surface area contributed by atoms with E-state index in [1.165, 1.54) is 21.6 Å². The number of anilines is 1. The molecular formula is C10H11FN4O. The minimum Gasteiger partial charge on any atom is -0.384 e. The monoisotopic (exact) mass is 222 g/mol. The van der Waals surface area contributed by atoms with Crippen molar-refractivity contribution in [2.75, 3.05) is 12.4 Å². The summed E-state index contributed by atoms with van der Waals surface area (Å²) in [4.78, 5) is 11.9. The van der Waals surface area contributed by atoms with Crippen LogP contribution < -0.4 is 10.9 Å². The molecule has 1 N–H and O–H groups in total. The van der Waals surface area contributed by atoms with E-state index in [1.807, 2.05) is 0 Å². The molecule has 0 aromatic carbocycles. The first-order valence-corrected chi connectivity index (χ1v) is 4.72. The third-order valence-corrected chi connectivity index (χ3v) is 2.24. The second-order valence-electron chi connectivity index (χ2n) is 3.33. The highest BCUT2D eigenvalue weighted by molar-refractivity contribution is 5.42. The minimum absolute atomic E-state index is 0.143. The quantitative estimate of drug-likeness (QED) is 0.815. The van der Waals surface area contributed by atoms with E-state index in [9.17, 15) is 9.18 Å². The van der Waals surface area contributed by atoms with Crippen LogP contribution in [-0.4, -0.2) is 21.4 Å². The van der Waals surface area contributed by atoms with Crippen LogP contribution in [0.2, 0.25) is 0 Å². The fourth-order valence-electron chi connectivity index (χ4n) is 1.48. The molecule has 0 amide bonds. The molecule has 0 aliphatic carbocycles. The molecule has 0 atom stereocenters. The number of halogens is 1. The summed E-state index contributed by atoms with van der Waals surface area (Å²) in [6.07, 6.45) is 2.96. The SMILES string of the molecule is CNc1cccn(-c2cn(C)nc2F)c1=O. The van der Waals surface area contributed by atoms with Gasteiger partial charge in [-0.3, -0.25) is 14.0 Å². The third-order valence-electron chi connectivity index (χ3n) is 2.24. The normalized spacial score (nSPS) is 10.4. The van der Waals surface area contributed by atoms with Crippen LogP contribution in [0.5, 0.6) is 0 Å². The van der Waals surface area contributed by atoms with Crippen molar-refractivity contribution in [2.45, 2.75) is 0 Å². The minimum atomic E-state index is -0.669. The van der Waals surface area contributed by atoms with Crippen molar-refractivity contribution in [3.05, 3.63) is 40.8 Å². The predicted molar refractivity (Wildman–Crippen MR) is 58.3 cm³/mol. The highest BCUT2D eigenvalue weighted by Gasteiger charge is 2.11. The third kappa shape index (κ3) is 1.58. The van der Waals surface area contributed by atoms with E-state index >= 15 is 0 Å². The molecule has 0 aliphatic rings. The molecule has 0 saturated heterocycles. The largest absolute Gasteiger partial charge is 0.384 e. The van der Waals surface area contributed by atoms with Crippen molar-refractivity contribution in [1.82, 2.24) is 14.3 Å². The van der Waals surface area contributed by atoms with Gasteiger partial charge in [-0.05, 0) is 12.1 Å². The Balaban J connectivity index is 2.65. The van der Waals surface area contributed by atoms with Crippen LogP contribution in [0.4, 0.5) is 10.1 Å². The highest BCUT2D eigenvalue weighted by Crippen LogP contribution is 2.09. The Kier molecular flexibility index (Phi) is 2.47. The fraction of sp³-hybridized carbons (Fsp3) is 0.200. The van der Waals surface area contributed by atoms with E-state index in [1.54, 1.807) is 26.2 Å². The fourth-order valence-corrected chi connectivity index (χ4v) is 1.48. The summed E-state index contributed by atoms with van der Waals surface area (Å²) in [5.41, 5.74) is 0.243. The van der Waals surface area contributed by atoms with Crippen LogP contribution in [0.15, 0.2) is 29.3 Å². The molecule has 0 fully saturated rings. The van der Waals surface area contributed by atoms with Crippen molar-refractivity contribution < 1.29 is 4.39 Å². The van der Waals surface area contributed by atoms with E-state index in [4.69, 9.17) is 0 Å². The molecule has 5 nitrogen and oxygen atoms in total. The number of hydrogen-bond acceptors (Lipinski definition) is 3. The number of nitrogens with zero attached hydrogens (tertiary/aromatic N) is 3. The second kappa shape index (κ2) is 3.80. The number of hydrogen-bond donors (Lipinski definition) is 1. The molecule has 0 bridgehead atoms. The molecule has 0 spiro atoms. The van der Waals surface area contributed by atoms with Gasteiger partial charge in [0.2, 0.25) is 0 Å². The van der Waals surface area contributed by atoms with Gasteiger partial charge >= 0.3 is 0 Å². The van der Waals surface area contributed by atoms with E-state index in [0.29, 0.717) is 5.69 Å². The number of rotatable bonds is 2. The van der Waals surface area contributed by atoms with Crippen molar-refractivity contribution in [2.24, 2.45) is 7.05 Å². The van der Waals surface area contributed by atoms with Gasteiger partial charge in [0.25, 0.3) is 11.5 Å². The Labute approximate surface area is 91.1 Å². The Hall–Kier alpha value is -2.11. The highest BCUT2D eigenvalue weighted by atomic mass is 19.1. The number of nitrogens with one attached hydrogen (secondary N) is 1. The molecular weight excluding hydrogens is 211 g/mol. The van der Waals surface area contributed by atoms with Crippen LogP contribution in [-0.2, 0) is 7.05 Å². The Morgan fingerprint density at radius 1 is 1.50 bits per heavy atom. The first-order valence-electron chi connectivity index (χ1n) is 4.72. The molecule has 0 aliphatic heterocycles. The molecule has 84 valence electrons. The van der Waals surface area contributed by atoms with Crippen LogP contribution >= 0.6 is 0 Å². The van der Waals surface area contributed by atoms with Crippen molar-refractivity contribution in [3.63, 3.8) is 0 Å². The average molecular weight is 222 g/mol. The maximum absolute atomic E-state index is 13.4. The van der Waals surface area contributed by atoms with Gasteiger partial charge in [0.05, 0.1) is 6.20 Å². The Morgan fingerprint density at radius 3 is 2.81 bits per heavy atom. The van der Waals surface area contributed by atoms with Gasteiger partial charge in [0.1, 0.15) is 11.4 Å². The van der Waals surface area contributed by atoms with Gasteiger partial charge in [0.15, 0.2) is 0 Å². The van der Waals surface area contributed by atoms with Crippen LogP contribution in [0.3, 0.4) is 0 Å². The van der Waals surface area contributed by atoms with E-state index < -0.39 is 5.95 Å². The number of aromatic nitrogens is 3. The summed E-state index contributed by atoms with van der Waals surface area (Å²) < 4.78 is 15.9. The lowest BCUT2D eigenvalue weighted by molar-refractivity contribution is 0.548. The maximum Gasteiger partial charge on any atom is 0.278 e. The first kappa shape index (κ1) is 10.4. The summed E-state index contributed by atoms with van der Waals surface area (Å²) in [5, 5.41) is 6.30. The zero-order chi connectivity index (χ0) is 11.7. The topological polar surface area (TPSA) is 51.9 Å². The van der Waals surface area contributed by atoms with Gasteiger partial charge in [-0.25, -0.2) is 0 Å². The second-order valence-corrected chi connectivity index (χ2v) is 3.33. The summed E-state index contributed by atoms with van der Waals surface area (Å²) in [5.74, 6) is -0.669. The van der Waals surface area contributed by atoms with Crippen LogP contribution in [0.25, 0.3) is 5.69 Å². The van der Waals surface area contributed by atoms with Gasteiger partial charge in [-0.1, -0.05) is 0 Å². The predicted octanol–water partition coefficient (Wildman–Crippen LogP) is 0.752. The van der Waals surface area contributed by atoms with Gasteiger partial charge in [-0.15, -0.1) is 5.10 Å². The van der Waals surface area contributed by atoms with Crippen LogP contribution in [0, 0.1) is 5.95 Å². The smallest absolute Gasteiger partial charge is 0.278 e. The lowest BCUT2D eigenvalue weighted by Crippen LogP contribution is -2.20. The summed E-state index contributed by atoms with van der Waals surface area (Å²) in [7, 11) is 3.24. The van der Waals surface area contributed by atoms with E-state index in [2.05, 4.69) is 10.4 Å². The Morgan fingerprint density at radius 2 is 2.25 bits per heavy atom. The molecule has 0 saturated carbocycles. The summed E-state index contributed by atoms with van der Waals surface area (Å²) >= 11 is 0. The molecule has 2 aromatic heterocycles. The zero-order valence-electron chi connectivity index (χ0n) is 8.94. The van der Waals surface area contributed by atoms with E-state index in [-0.39, 0.29) is 11.2 Å². The van der Waals surface area contributed by atoms with E-state index in [0.717, 1.165) is 0 Å². The molecule has 16 heavy (non-hydrogen) atoms. The molecule has 6 heteroatoms. The molecule has 2 aromatic rings. The molecule has 0 unspecified atom stereocenters. The maximum atomic E-state index is 13.4. The van der Waals surface area contributed by atoms with Crippen LogP contribution in [0.1, 0.15) is 0 Å². The van der Waals surface area contributed by atoms with Crippen molar-refractivity contribution >= 4 is 5.69 Å². The summed E-state index contributed by atoms with van der Waals surface area (Å²) in [6, 6.07) is 3.30. The molecule has 2 heterocycles. The number of aryl methyl sites for hydroxylation is 1.